The lowest BCUT2D eigenvalue weighted by Gasteiger charge is -2.00. The van der Waals surface area contributed by atoms with Crippen molar-refractivity contribution in [1.82, 2.24) is 0 Å². The van der Waals surface area contributed by atoms with E-state index in [-0.39, 0.29) is 0 Å². The van der Waals surface area contributed by atoms with Gasteiger partial charge < -0.3 is 0 Å². The second-order valence-corrected chi connectivity index (χ2v) is 4.47. The van der Waals surface area contributed by atoms with Gasteiger partial charge in [0.25, 0.3) is 0 Å². The van der Waals surface area contributed by atoms with Crippen molar-refractivity contribution in [2.24, 2.45) is 11.8 Å². The van der Waals surface area contributed by atoms with Gasteiger partial charge in [0.2, 0.25) is 0 Å². The predicted octanol–water partition coefficient (Wildman–Crippen LogP) is 3.36. The maximum Gasteiger partial charge on any atom is 0.120 e. The van der Waals surface area contributed by atoms with E-state index < -0.39 is 0 Å². The fourth-order valence-corrected chi connectivity index (χ4v) is 1.22. The highest BCUT2D eigenvalue weighted by atomic mass is 13.9. The molecule has 0 saturated carbocycles. The van der Waals surface area contributed by atoms with Crippen molar-refractivity contribution in [3.63, 3.8) is 0 Å². The van der Waals surface area contributed by atoms with Gasteiger partial charge in [-0.3, -0.25) is 0 Å². The molecule has 74 valence electrons. The maximum atomic E-state index is 3.22. The van der Waals surface area contributed by atoms with Gasteiger partial charge in [-0.15, -0.1) is 11.8 Å². The molecule has 0 spiro atoms. The Morgan fingerprint density at radius 3 is 2.38 bits per heavy atom. The number of unbranched alkanes of at least 4 members (excludes halogenated alkanes) is 1. The molecule has 0 aromatic heterocycles. The molecule has 0 bridgehead atoms. The Bertz CT molecular complexity index is 160. The topological polar surface area (TPSA) is 0 Å². The SMILES string of the molecule is CC(C)C#CCCCBCC(C)C. The minimum atomic E-state index is 0.538. The average Bonchev–Trinajstić information content (AvgIpc) is 2.01. The summed E-state index contributed by atoms with van der Waals surface area (Å²) in [6.07, 6.45) is 5.10. The lowest BCUT2D eigenvalue weighted by Crippen LogP contribution is -1.94. The summed E-state index contributed by atoms with van der Waals surface area (Å²) in [6.45, 7) is 8.87. The van der Waals surface area contributed by atoms with Gasteiger partial charge in [-0.05, 0) is 6.42 Å². The van der Waals surface area contributed by atoms with E-state index in [0.717, 1.165) is 12.3 Å². The fourth-order valence-electron chi connectivity index (χ4n) is 1.22. The van der Waals surface area contributed by atoms with Crippen molar-refractivity contribution in [2.75, 3.05) is 0 Å². The van der Waals surface area contributed by atoms with Crippen LogP contribution in [0.2, 0.25) is 12.6 Å². The van der Waals surface area contributed by atoms with Gasteiger partial charge >= 0.3 is 0 Å². The van der Waals surface area contributed by atoms with Crippen LogP contribution in [0.3, 0.4) is 0 Å². The summed E-state index contributed by atoms with van der Waals surface area (Å²) < 4.78 is 0. The first-order valence-electron chi connectivity index (χ1n) is 5.61. The first-order valence-corrected chi connectivity index (χ1v) is 5.61. The van der Waals surface area contributed by atoms with Crippen LogP contribution in [0, 0.1) is 23.7 Å². The van der Waals surface area contributed by atoms with E-state index in [1.807, 2.05) is 0 Å². The van der Waals surface area contributed by atoms with Crippen molar-refractivity contribution < 1.29 is 0 Å². The molecule has 0 aromatic rings. The van der Waals surface area contributed by atoms with Gasteiger partial charge in [0.05, 0.1) is 0 Å². The van der Waals surface area contributed by atoms with Gasteiger partial charge in [0.15, 0.2) is 0 Å². The monoisotopic (exact) mass is 178 g/mol. The number of hydrogen-bond donors (Lipinski definition) is 0. The highest BCUT2D eigenvalue weighted by Gasteiger charge is 1.95. The van der Waals surface area contributed by atoms with E-state index in [1.54, 1.807) is 0 Å². The maximum absolute atomic E-state index is 3.22. The largest absolute Gasteiger partial charge is 0.120 e. The van der Waals surface area contributed by atoms with Crippen molar-refractivity contribution in [3.05, 3.63) is 0 Å². The molecule has 0 atom stereocenters. The van der Waals surface area contributed by atoms with Crippen molar-refractivity contribution in [3.8, 4) is 11.8 Å². The summed E-state index contributed by atoms with van der Waals surface area (Å²) in [5.74, 6) is 7.82. The molecule has 13 heavy (non-hydrogen) atoms. The van der Waals surface area contributed by atoms with E-state index in [2.05, 4.69) is 39.5 Å². The molecule has 0 radical (unpaired) electrons. The third kappa shape index (κ3) is 11.6. The van der Waals surface area contributed by atoms with Crippen LogP contribution in [0.5, 0.6) is 0 Å². The Balaban J connectivity index is 3.14. The molecule has 0 aromatic carbocycles. The van der Waals surface area contributed by atoms with Crippen LogP contribution < -0.4 is 0 Å². The number of hydrogen-bond acceptors (Lipinski definition) is 0. The first-order chi connectivity index (χ1) is 6.13. The van der Waals surface area contributed by atoms with Crippen LogP contribution in [0.25, 0.3) is 0 Å². The van der Waals surface area contributed by atoms with Crippen molar-refractivity contribution >= 4 is 7.28 Å². The van der Waals surface area contributed by atoms with Crippen LogP contribution in [-0.4, -0.2) is 7.28 Å². The molecule has 0 amide bonds. The van der Waals surface area contributed by atoms with E-state index in [1.165, 1.54) is 26.3 Å². The van der Waals surface area contributed by atoms with Gasteiger partial charge in [-0.2, -0.15) is 0 Å². The van der Waals surface area contributed by atoms with E-state index in [9.17, 15) is 0 Å². The minimum Gasteiger partial charge on any atom is -0.103 e. The van der Waals surface area contributed by atoms with Gasteiger partial charge in [-0.1, -0.05) is 46.3 Å². The second kappa shape index (κ2) is 8.23. The molecule has 0 rings (SSSR count). The summed E-state index contributed by atoms with van der Waals surface area (Å²) in [5, 5.41) is 0. The molecule has 0 heterocycles. The van der Waals surface area contributed by atoms with Gasteiger partial charge in [-0.25, -0.2) is 0 Å². The summed E-state index contributed by atoms with van der Waals surface area (Å²) in [5.41, 5.74) is 0. The predicted molar refractivity (Wildman–Crippen MR) is 63.4 cm³/mol. The molecule has 1 heteroatoms. The highest BCUT2D eigenvalue weighted by molar-refractivity contribution is 6.35. The Morgan fingerprint density at radius 2 is 1.85 bits per heavy atom. The first kappa shape index (κ1) is 12.6. The lowest BCUT2D eigenvalue weighted by molar-refractivity contribution is 0.727. The summed E-state index contributed by atoms with van der Waals surface area (Å²) >= 11 is 0. The lowest BCUT2D eigenvalue weighted by atomic mass is 9.66. The normalized spacial score (nSPS) is 10.0. The van der Waals surface area contributed by atoms with Crippen LogP contribution >= 0.6 is 0 Å². The summed E-state index contributed by atoms with van der Waals surface area (Å²) in [4.78, 5) is 0. The van der Waals surface area contributed by atoms with E-state index >= 15 is 0 Å². The zero-order valence-electron chi connectivity index (χ0n) is 9.69. The third-order valence-electron chi connectivity index (χ3n) is 1.97. The molecule has 0 aliphatic rings. The number of rotatable bonds is 5. The zero-order chi connectivity index (χ0) is 10.1. The fraction of sp³-hybridized carbons (Fsp3) is 0.833. The van der Waals surface area contributed by atoms with Gasteiger partial charge in [0, 0.05) is 12.3 Å². The molecule has 0 N–H and O–H groups in total. The van der Waals surface area contributed by atoms with E-state index in [0.29, 0.717) is 5.92 Å². The Morgan fingerprint density at radius 1 is 1.15 bits per heavy atom. The summed E-state index contributed by atoms with van der Waals surface area (Å²) in [6, 6.07) is 0. The van der Waals surface area contributed by atoms with Crippen LogP contribution in [0.1, 0.15) is 40.5 Å². The Labute approximate surface area is 84.7 Å². The Hall–Kier alpha value is -0.375. The van der Waals surface area contributed by atoms with Gasteiger partial charge in [0.1, 0.15) is 7.28 Å². The molecule has 0 unspecified atom stereocenters. The highest BCUT2D eigenvalue weighted by Crippen LogP contribution is 2.03. The zero-order valence-corrected chi connectivity index (χ0v) is 9.69. The molecule has 0 aliphatic heterocycles. The molecule has 0 nitrogen and oxygen atoms in total. The molecule has 0 aliphatic carbocycles. The van der Waals surface area contributed by atoms with Crippen molar-refractivity contribution in [1.29, 1.82) is 0 Å². The quantitative estimate of drug-likeness (QED) is 0.344. The van der Waals surface area contributed by atoms with Crippen LogP contribution in [0.4, 0.5) is 0 Å². The molecule has 0 saturated heterocycles. The van der Waals surface area contributed by atoms with E-state index in [4.69, 9.17) is 0 Å². The molecular formula is C12H23B. The molecule has 0 fully saturated rings. The summed E-state index contributed by atoms with van der Waals surface area (Å²) in [7, 11) is 1.38. The third-order valence-corrected chi connectivity index (χ3v) is 1.97. The Kier molecular flexibility index (Phi) is 8.00. The minimum absolute atomic E-state index is 0.538. The van der Waals surface area contributed by atoms with Crippen LogP contribution in [0.15, 0.2) is 0 Å². The van der Waals surface area contributed by atoms with Crippen LogP contribution in [-0.2, 0) is 0 Å². The van der Waals surface area contributed by atoms with Crippen molar-refractivity contribution in [2.45, 2.75) is 53.2 Å². The smallest absolute Gasteiger partial charge is 0.103 e. The molecular weight excluding hydrogens is 155 g/mol. The second-order valence-electron chi connectivity index (χ2n) is 4.47. The average molecular weight is 178 g/mol. The standard InChI is InChI=1S/C12H23B/c1-11(2)8-6-5-7-9-13-10-12(3)4/h11-13H,5,7,9-10H2,1-4H3.